The van der Waals surface area contributed by atoms with Crippen molar-refractivity contribution in [1.29, 1.82) is 0 Å². The molecule has 1 aromatic rings. The Bertz CT molecular complexity index is 390. The number of carbonyl (C=O) groups is 1. The SMILES string of the molecule is Cn1ncc(Br)c1C1(O)CC(C(=O)O)C1. The van der Waals surface area contributed by atoms with Crippen molar-refractivity contribution in [1.82, 2.24) is 9.78 Å². The lowest BCUT2D eigenvalue weighted by atomic mass is 9.69. The van der Waals surface area contributed by atoms with E-state index in [0.717, 1.165) is 4.47 Å². The Morgan fingerprint density at radius 3 is 2.73 bits per heavy atom. The van der Waals surface area contributed by atoms with Gasteiger partial charge in [-0.2, -0.15) is 5.10 Å². The summed E-state index contributed by atoms with van der Waals surface area (Å²) in [6, 6.07) is 0. The first-order valence-corrected chi connectivity index (χ1v) is 5.36. The second-order valence-electron chi connectivity index (χ2n) is 3.94. The van der Waals surface area contributed by atoms with E-state index in [1.807, 2.05) is 0 Å². The summed E-state index contributed by atoms with van der Waals surface area (Å²) >= 11 is 3.29. The second-order valence-corrected chi connectivity index (χ2v) is 4.79. The third kappa shape index (κ3) is 1.57. The Hall–Kier alpha value is -0.880. The Morgan fingerprint density at radius 1 is 1.73 bits per heavy atom. The van der Waals surface area contributed by atoms with Crippen LogP contribution in [0.5, 0.6) is 0 Å². The van der Waals surface area contributed by atoms with Crippen molar-refractivity contribution in [2.24, 2.45) is 13.0 Å². The summed E-state index contributed by atoms with van der Waals surface area (Å²) in [5, 5.41) is 22.9. The van der Waals surface area contributed by atoms with Gasteiger partial charge in [0.1, 0.15) is 5.60 Å². The number of halogens is 1. The molecule has 0 bridgehead atoms. The fourth-order valence-corrected chi connectivity index (χ4v) is 2.77. The van der Waals surface area contributed by atoms with Gasteiger partial charge in [0.05, 0.1) is 22.3 Å². The van der Waals surface area contributed by atoms with Crippen molar-refractivity contribution in [2.75, 3.05) is 0 Å². The van der Waals surface area contributed by atoms with Crippen LogP contribution in [0.2, 0.25) is 0 Å². The molecule has 0 unspecified atom stereocenters. The molecule has 0 amide bonds. The van der Waals surface area contributed by atoms with Gasteiger partial charge < -0.3 is 10.2 Å². The van der Waals surface area contributed by atoms with E-state index < -0.39 is 17.5 Å². The summed E-state index contributed by atoms with van der Waals surface area (Å²) in [7, 11) is 1.73. The maximum Gasteiger partial charge on any atom is 0.306 e. The highest BCUT2D eigenvalue weighted by molar-refractivity contribution is 9.10. The van der Waals surface area contributed by atoms with E-state index in [-0.39, 0.29) is 12.8 Å². The van der Waals surface area contributed by atoms with E-state index in [2.05, 4.69) is 21.0 Å². The number of rotatable bonds is 2. The highest BCUT2D eigenvalue weighted by atomic mass is 79.9. The molecule has 15 heavy (non-hydrogen) atoms. The van der Waals surface area contributed by atoms with E-state index in [1.54, 1.807) is 17.9 Å². The van der Waals surface area contributed by atoms with Gasteiger partial charge in [-0.25, -0.2) is 0 Å². The predicted octanol–water partition coefficient (Wildman–Crippen LogP) is 0.865. The van der Waals surface area contributed by atoms with E-state index in [9.17, 15) is 9.90 Å². The summed E-state index contributed by atoms with van der Waals surface area (Å²) < 4.78 is 2.29. The van der Waals surface area contributed by atoms with Gasteiger partial charge in [0.15, 0.2) is 0 Å². The number of aliphatic carboxylic acids is 1. The van der Waals surface area contributed by atoms with Gasteiger partial charge in [-0.05, 0) is 28.8 Å². The zero-order valence-corrected chi connectivity index (χ0v) is 9.73. The van der Waals surface area contributed by atoms with Crippen LogP contribution in [-0.4, -0.2) is 26.0 Å². The topological polar surface area (TPSA) is 75.3 Å². The molecule has 0 radical (unpaired) electrons. The second kappa shape index (κ2) is 3.31. The van der Waals surface area contributed by atoms with E-state index in [4.69, 9.17) is 5.11 Å². The van der Waals surface area contributed by atoms with Gasteiger partial charge in [0, 0.05) is 7.05 Å². The minimum atomic E-state index is -1.05. The van der Waals surface area contributed by atoms with Crippen molar-refractivity contribution in [3.63, 3.8) is 0 Å². The molecule has 2 rings (SSSR count). The zero-order valence-electron chi connectivity index (χ0n) is 8.14. The van der Waals surface area contributed by atoms with E-state index in [0.29, 0.717) is 5.69 Å². The van der Waals surface area contributed by atoms with Gasteiger partial charge in [-0.1, -0.05) is 0 Å². The first kappa shape index (κ1) is 10.6. The molecule has 1 aliphatic rings. The number of hydrogen-bond donors (Lipinski definition) is 2. The zero-order chi connectivity index (χ0) is 11.2. The molecule has 0 saturated heterocycles. The monoisotopic (exact) mass is 274 g/mol. The molecule has 5 nitrogen and oxygen atoms in total. The summed E-state index contributed by atoms with van der Waals surface area (Å²) in [6.07, 6.45) is 2.10. The molecular formula is C9H11BrN2O3. The van der Waals surface area contributed by atoms with Gasteiger partial charge in [-0.3, -0.25) is 9.48 Å². The lowest BCUT2D eigenvalue weighted by Gasteiger charge is -2.41. The van der Waals surface area contributed by atoms with Crippen LogP contribution in [0.4, 0.5) is 0 Å². The fourth-order valence-electron chi connectivity index (χ4n) is 2.06. The van der Waals surface area contributed by atoms with Crippen LogP contribution < -0.4 is 0 Å². The first-order valence-electron chi connectivity index (χ1n) is 4.57. The van der Waals surface area contributed by atoms with Crippen LogP contribution in [0.25, 0.3) is 0 Å². The van der Waals surface area contributed by atoms with Gasteiger partial charge in [0.2, 0.25) is 0 Å². The van der Waals surface area contributed by atoms with Crippen molar-refractivity contribution in [2.45, 2.75) is 18.4 Å². The molecular weight excluding hydrogens is 264 g/mol. The number of aryl methyl sites for hydroxylation is 1. The smallest absolute Gasteiger partial charge is 0.306 e. The van der Waals surface area contributed by atoms with Gasteiger partial charge in [-0.15, -0.1) is 0 Å². The molecule has 0 aromatic carbocycles. The Kier molecular flexibility index (Phi) is 2.35. The number of aromatic nitrogens is 2. The highest BCUT2D eigenvalue weighted by Crippen LogP contribution is 2.47. The predicted molar refractivity (Wildman–Crippen MR) is 55.2 cm³/mol. The maximum atomic E-state index is 10.7. The molecule has 1 saturated carbocycles. The molecule has 2 N–H and O–H groups in total. The third-order valence-electron chi connectivity index (χ3n) is 2.85. The van der Waals surface area contributed by atoms with Crippen molar-refractivity contribution in [3.05, 3.63) is 16.4 Å². The van der Waals surface area contributed by atoms with Crippen LogP contribution in [0.3, 0.4) is 0 Å². The number of nitrogens with zero attached hydrogens (tertiary/aromatic N) is 2. The maximum absolute atomic E-state index is 10.7. The molecule has 0 spiro atoms. The average molecular weight is 275 g/mol. The number of hydrogen-bond acceptors (Lipinski definition) is 3. The molecule has 6 heteroatoms. The lowest BCUT2D eigenvalue weighted by molar-refractivity contribution is -0.160. The number of carboxylic acid groups (broad SMARTS) is 1. The minimum absolute atomic E-state index is 0.250. The van der Waals surface area contributed by atoms with Crippen LogP contribution in [0.15, 0.2) is 10.7 Å². The number of aliphatic hydroxyl groups is 1. The Balaban J connectivity index is 2.23. The first-order chi connectivity index (χ1) is 6.94. The van der Waals surface area contributed by atoms with Crippen LogP contribution in [0, 0.1) is 5.92 Å². The summed E-state index contributed by atoms with van der Waals surface area (Å²) in [5.41, 5.74) is -0.396. The number of carboxylic acids is 1. The fraction of sp³-hybridized carbons (Fsp3) is 0.556. The largest absolute Gasteiger partial charge is 0.481 e. The van der Waals surface area contributed by atoms with Crippen molar-refractivity contribution >= 4 is 21.9 Å². The van der Waals surface area contributed by atoms with Crippen LogP contribution >= 0.6 is 15.9 Å². The average Bonchev–Trinajstić information content (AvgIpc) is 2.41. The summed E-state index contributed by atoms with van der Waals surface area (Å²) in [4.78, 5) is 10.7. The van der Waals surface area contributed by atoms with Crippen molar-refractivity contribution < 1.29 is 15.0 Å². The van der Waals surface area contributed by atoms with E-state index >= 15 is 0 Å². The molecule has 0 atom stereocenters. The van der Waals surface area contributed by atoms with Gasteiger partial charge in [0.25, 0.3) is 0 Å². The highest BCUT2D eigenvalue weighted by Gasteiger charge is 2.50. The van der Waals surface area contributed by atoms with Crippen LogP contribution in [0.1, 0.15) is 18.5 Å². The quantitative estimate of drug-likeness (QED) is 0.839. The lowest BCUT2D eigenvalue weighted by Crippen LogP contribution is -2.45. The van der Waals surface area contributed by atoms with E-state index in [1.165, 1.54) is 0 Å². The summed E-state index contributed by atoms with van der Waals surface area (Å²) in [6.45, 7) is 0. The minimum Gasteiger partial charge on any atom is -0.481 e. The molecule has 1 aliphatic carbocycles. The van der Waals surface area contributed by atoms with Crippen LogP contribution in [-0.2, 0) is 17.4 Å². The molecule has 1 fully saturated rings. The van der Waals surface area contributed by atoms with Gasteiger partial charge >= 0.3 is 5.97 Å². The molecule has 1 heterocycles. The third-order valence-corrected chi connectivity index (χ3v) is 3.43. The molecule has 1 aromatic heterocycles. The Labute approximate surface area is 94.8 Å². The normalized spacial score (nSPS) is 29.9. The Morgan fingerprint density at radius 2 is 2.33 bits per heavy atom. The summed E-state index contributed by atoms with van der Waals surface area (Å²) in [5.74, 6) is -1.30. The molecule has 82 valence electrons. The standard InChI is InChI=1S/C9H11BrN2O3/c1-12-7(6(10)4-11-12)9(15)2-5(3-9)8(13)14/h4-5,15H,2-3H2,1H3,(H,13,14). The molecule has 0 aliphatic heterocycles. The van der Waals surface area contributed by atoms with Crippen molar-refractivity contribution in [3.8, 4) is 0 Å².